The van der Waals surface area contributed by atoms with Crippen molar-refractivity contribution >= 4 is 16.7 Å². The van der Waals surface area contributed by atoms with Crippen molar-refractivity contribution < 1.29 is 9.90 Å². The summed E-state index contributed by atoms with van der Waals surface area (Å²) in [4.78, 5) is 16.4. The molecule has 4 nitrogen and oxygen atoms in total. The van der Waals surface area contributed by atoms with Crippen LogP contribution in [0.3, 0.4) is 0 Å². The van der Waals surface area contributed by atoms with Gasteiger partial charge >= 0.3 is 0 Å². The second-order valence-corrected chi connectivity index (χ2v) is 5.05. The fourth-order valence-electron chi connectivity index (χ4n) is 2.58. The second kappa shape index (κ2) is 5.43. The molecule has 0 fully saturated rings. The minimum Gasteiger partial charge on any atom is -0.396 e. The molecule has 0 saturated carbocycles. The van der Waals surface area contributed by atoms with Crippen molar-refractivity contribution in [3.05, 3.63) is 54.4 Å². The van der Waals surface area contributed by atoms with Crippen LogP contribution in [0.2, 0.25) is 0 Å². The molecule has 0 saturated heterocycles. The minimum absolute atomic E-state index is 0.00302. The molecule has 1 amide bonds. The van der Waals surface area contributed by atoms with Crippen LogP contribution in [0.15, 0.2) is 48.8 Å². The van der Waals surface area contributed by atoms with Gasteiger partial charge in [-0.15, -0.1) is 0 Å². The highest BCUT2D eigenvalue weighted by Gasteiger charge is 2.20. The topological polar surface area (TPSA) is 62.2 Å². The van der Waals surface area contributed by atoms with Crippen LogP contribution in [-0.2, 0) is 0 Å². The first-order valence-corrected chi connectivity index (χ1v) is 6.70. The Labute approximate surface area is 117 Å². The van der Waals surface area contributed by atoms with Gasteiger partial charge in [0.1, 0.15) is 0 Å². The van der Waals surface area contributed by atoms with Crippen LogP contribution >= 0.6 is 0 Å². The van der Waals surface area contributed by atoms with Crippen molar-refractivity contribution in [3.8, 4) is 0 Å². The SMILES string of the molecule is O=C(N[C@@H]1C=C[C@H](CO)C1)c1cccc2cnccc12. The molecule has 0 radical (unpaired) electrons. The van der Waals surface area contributed by atoms with Gasteiger partial charge in [-0.25, -0.2) is 0 Å². The van der Waals surface area contributed by atoms with Crippen LogP contribution in [0.5, 0.6) is 0 Å². The van der Waals surface area contributed by atoms with Crippen LogP contribution in [0.1, 0.15) is 16.8 Å². The molecule has 2 atom stereocenters. The van der Waals surface area contributed by atoms with Gasteiger partial charge in [-0.3, -0.25) is 9.78 Å². The molecule has 20 heavy (non-hydrogen) atoms. The van der Waals surface area contributed by atoms with Gasteiger partial charge < -0.3 is 10.4 Å². The molecule has 102 valence electrons. The van der Waals surface area contributed by atoms with E-state index in [1.165, 1.54) is 0 Å². The van der Waals surface area contributed by atoms with Gasteiger partial charge in [-0.1, -0.05) is 24.3 Å². The Hall–Kier alpha value is -2.20. The Morgan fingerprint density at radius 3 is 3.05 bits per heavy atom. The van der Waals surface area contributed by atoms with Crippen molar-refractivity contribution in [2.45, 2.75) is 12.5 Å². The van der Waals surface area contributed by atoms with E-state index in [4.69, 9.17) is 5.11 Å². The number of aliphatic hydroxyl groups excluding tert-OH is 1. The molecular formula is C16H16N2O2. The Morgan fingerprint density at radius 1 is 1.35 bits per heavy atom. The lowest BCUT2D eigenvalue weighted by Gasteiger charge is -2.13. The molecule has 2 N–H and O–H groups in total. The summed E-state index contributed by atoms with van der Waals surface area (Å²) < 4.78 is 0. The number of benzene rings is 1. The number of rotatable bonds is 3. The summed E-state index contributed by atoms with van der Waals surface area (Å²) in [6.45, 7) is 0.128. The van der Waals surface area contributed by atoms with E-state index in [-0.39, 0.29) is 24.5 Å². The summed E-state index contributed by atoms with van der Waals surface area (Å²) in [7, 11) is 0. The number of carbonyl (C=O) groups excluding carboxylic acids is 1. The lowest BCUT2D eigenvalue weighted by atomic mass is 10.1. The molecule has 1 heterocycles. The number of hydrogen-bond acceptors (Lipinski definition) is 3. The van der Waals surface area contributed by atoms with Crippen LogP contribution < -0.4 is 5.32 Å². The number of pyridine rings is 1. The minimum atomic E-state index is -0.0879. The van der Waals surface area contributed by atoms with E-state index in [0.29, 0.717) is 5.56 Å². The Kier molecular flexibility index (Phi) is 3.48. The molecule has 3 rings (SSSR count). The lowest BCUT2D eigenvalue weighted by Crippen LogP contribution is -2.33. The molecule has 1 aromatic carbocycles. The molecule has 1 aromatic heterocycles. The summed E-state index contributed by atoms with van der Waals surface area (Å²) in [5.74, 6) is 0.0621. The molecule has 1 aliphatic carbocycles. The van der Waals surface area contributed by atoms with Crippen molar-refractivity contribution in [2.24, 2.45) is 5.92 Å². The van der Waals surface area contributed by atoms with Gasteiger partial charge in [-0.2, -0.15) is 0 Å². The Bertz CT molecular complexity index is 661. The number of fused-ring (bicyclic) bond motifs is 1. The standard InChI is InChI=1S/C16H16N2O2/c19-10-11-4-5-13(8-11)18-16(20)15-3-1-2-12-9-17-7-6-14(12)15/h1-7,9,11,13,19H,8,10H2,(H,18,20)/t11-,13+/m0/s1. The van der Waals surface area contributed by atoms with Crippen LogP contribution in [-0.4, -0.2) is 28.6 Å². The number of nitrogens with zero attached hydrogens (tertiary/aromatic N) is 1. The zero-order valence-electron chi connectivity index (χ0n) is 11.0. The van der Waals surface area contributed by atoms with Crippen LogP contribution in [0.4, 0.5) is 0 Å². The highest BCUT2D eigenvalue weighted by atomic mass is 16.3. The third-order valence-corrected chi connectivity index (χ3v) is 3.65. The van der Waals surface area contributed by atoms with Crippen molar-refractivity contribution in [1.29, 1.82) is 0 Å². The molecule has 1 aliphatic rings. The first kappa shape index (κ1) is 12.8. The highest BCUT2D eigenvalue weighted by molar-refractivity contribution is 6.06. The number of carbonyl (C=O) groups is 1. The van der Waals surface area contributed by atoms with Gasteiger partial charge in [0.15, 0.2) is 0 Å². The number of amides is 1. The quantitative estimate of drug-likeness (QED) is 0.836. The number of aromatic nitrogens is 1. The predicted octanol–water partition coefficient (Wildman–Crippen LogP) is 1.90. The molecule has 0 bridgehead atoms. The van der Waals surface area contributed by atoms with E-state index in [1.54, 1.807) is 12.4 Å². The van der Waals surface area contributed by atoms with Crippen LogP contribution in [0.25, 0.3) is 10.8 Å². The van der Waals surface area contributed by atoms with Gasteiger partial charge in [0, 0.05) is 41.9 Å². The Balaban J connectivity index is 1.81. The Morgan fingerprint density at radius 2 is 2.25 bits per heavy atom. The average Bonchev–Trinajstić information content (AvgIpc) is 2.94. The largest absolute Gasteiger partial charge is 0.396 e. The fourth-order valence-corrected chi connectivity index (χ4v) is 2.58. The van der Waals surface area contributed by atoms with E-state index in [2.05, 4.69) is 10.3 Å². The van der Waals surface area contributed by atoms with E-state index < -0.39 is 0 Å². The predicted molar refractivity (Wildman–Crippen MR) is 77.3 cm³/mol. The zero-order chi connectivity index (χ0) is 13.9. The lowest BCUT2D eigenvalue weighted by molar-refractivity contribution is 0.0943. The zero-order valence-corrected chi connectivity index (χ0v) is 11.0. The molecule has 4 heteroatoms. The first-order chi connectivity index (χ1) is 9.78. The maximum atomic E-state index is 12.4. The molecule has 0 spiro atoms. The summed E-state index contributed by atoms with van der Waals surface area (Å²) >= 11 is 0. The van der Waals surface area contributed by atoms with Crippen molar-refractivity contribution in [3.63, 3.8) is 0 Å². The molecular weight excluding hydrogens is 252 g/mol. The smallest absolute Gasteiger partial charge is 0.252 e. The van der Waals surface area contributed by atoms with E-state index in [1.807, 2.05) is 36.4 Å². The van der Waals surface area contributed by atoms with Crippen LogP contribution in [0, 0.1) is 5.92 Å². The number of aliphatic hydroxyl groups is 1. The maximum absolute atomic E-state index is 12.4. The van der Waals surface area contributed by atoms with Gasteiger partial charge in [-0.05, 0) is 23.9 Å². The fraction of sp³-hybridized carbons (Fsp3) is 0.250. The van der Waals surface area contributed by atoms with E-state index >= 15 is 0 Å². The summed E-state index contributed by atoms with van der Waals surface area (Å²) in [5.41, 5.74) is 0.658. The van der Waals surface area contributed by atoms with Crippen molar-refractivity contribution in [2.75, 3.05) is 6.61 Å². The van der Waals surface area contributed by atoms with Gasteiger partial charge in [0.2, 0.25) is 0 Å². The number of nitrogens with one attached hydrogen (secondary N) is 1. The molecule has 2 aromatic rings. The second-order valence-electron chi connectivity index (χ2n) is 5.05. The van der Waals surface area contributed by atoms with E-state index in [9.17, 15) is 4.79 Å². The summed E-state index contributed by atoms with van der Waals surface area (Å²) in [6.07, 6.45) is 8.11. The first-order valence-electron chi connectivity index (χ1n) is 6.70. The van der Waals surface area contributed by atoms with Crippen molar-refractivity contribution in [1.82, 2.24) is 10.3 Å². The van der Waals surface area contributed by atoms with Gasteiger partial charge in [0.05, 0.1) is 0 Å². The normalized spacial score (nSPS) is 21.2. The van der Waals surface area contributed by atoms with Gasteiger partial charge in [0.25, 0.3) is 5.91 Å². The average molecular weight is 268 g/mol. The molecule has 0 aliphatic heterocycles. The third kappa shape index (κ3) is 2.42. The third-order valence-electron chi connectivity index (χ3n) is 3.65. The maximum Gasteiger partial charge on any atom is 0.252 e. The highest BCUT2D eigenvalue weighted by Crippen LogP contribution is 2.20. The molecule has 0 unspecified atom stereocenters. The summed E-state index contributed by atoms with van der Waals surface area (Å²) in [5, 5.41) is 14.0. The monoisotopic (exact) mass is 268 g/mol. The van der Waals surface area contributed by atoms with E-state index in [0.717, 1.165) is 17.2 Å². The number of hydrogen-bond donors (Lipinski definition) is 2. The summed E-state index contributed by atoms with van der Waals surface area (Å²) in [6, 6.07) is 7.47.